The van der Waals surface area contributed by atoms with Crippen LogP contribution in [0.15, 0.2) is 18.2 Å². The lowest BCUT2D eigenvalue weighted by molar-refractivity contribution is -0.137. The molecule has 1 aromatic rings. The Labute approximate surface area is 105 Å². The largest absolute Gasteiger partial charge is 0.341 e. The first kappa shape index (κ1) is 13.0. The highest BCUT2D eigenvalue weighted by Gasteiger charge is 2.33. The molecule has 1 fully saturated rings. The van der Waals surface area contributed by atoms with E-state index < -0.39 is 11.6 Å². The first-order valence-electron chi connectivity index (χ1n) is 5.92. The molecule has 1 aliphatic carbocycles. The zero-order valence-electron chi connectivity index (χ0n) is 10.2. The summed E-state index contributed by atoms with van der Waals surface area (Å²) in [6, 6.07) is 3.35. The van der Waals surface area contributed by atoms with E-state index in [1.165, 1.54) is 4.90 Å². The Bertz CT molecular complexity index is 458. The quantitative estimate of drug-likeness (QED) is 0.891. The fraction of sp³-hybridized carbons (Fsp3) is 0.462. The average Bonchev–Trinajstić information content (AvgIpc) is 2.29. The third kappa shape index (κ3) is 2.67. The molecule has 0 saturated heterocycles. The summed E-state index contributed by atoms with van der Waals surface area (Å²) in [7, 11) is 1.59. The molecule has 0 aliphatic heterocycles. The minimum absolute atomic E-state index is 0.0552. The van der Waals surface area contributed by atoms with Crippen LogP contribution in [0.1, 0.15) is 18.4 Å². The predicted molar refractivity (Wildman–Crippen MR) is 63.5 cm³/mol. The van der Waals surface area contributed by atoms with Crippen molar-refractivity contribution in [2.75, 3.05) is 7.05 Å². The van der Waals surface area contributed by atoms with Gasteiger partial charge < -0.3 is 10.6 Å². The van der Waals surface area contributed by atoms with Crippen LogP contribution >= 0.6 is 0 Å². The van der Waals surface area contributed by atoms with Crippen LogP contribution in [0.5, 0.6) is 0 Å². The van der Waals surface area contributed by atoms with Crippen LogP contribution in [0.25, 0.3) is 0 Å². The zero-order valence-corrected chi connectivity index (χ0v) is 10.2. The van der Waals surface area contributed by atoms with Gasteiger partial charge in [-0.25, -0.2) is 8.78 Å². The molecule has 0 radical (unpaired) electrons. The monoisotopic (exact) mass is 254 g/mol. The van der Waals surface area contributed by atoms with Crippen molar-refractivity contribution in [1.29, 1.82) is 0 Å². The van der Waals surface area contributed by atoms with Crippen molar-refractivity contribution < 1.29 is 13.6 Å². The lowest BCUT2D eigenvalue weighted by atomic mass is 9.80. The van der Waals surface area contributed by atoms with Gasteiger partial charge in [-0.1, -0.05) is 0 Å². The molecule has 0 aromatic heterocycles. The third-order valence-electron chi connectivity index (χ3n) is 3.32. The van der Waals surface area contributed by atoms with Gasteiger partial charge in [-0.3, -0.25) is 4.79 Å². The second-order valence-corrected chi connectivity index (χ2v) is 4.86. The lowest BCUT2D eigenvalue weighted by Gasteiger charge is -2.34. The smallest absolute Gasteiger partial charge is 0.225 e. The van der Waals surface area contributed by atoms with Crippen LogP contribution in [0.3, 0.4) is 0 Å². The van der Waals surface area contributed by atoms with Crippen molar-refractivity contribution in [3.8, 4) is 0 Å². The van der Waals surface area contributed by atoms with Crippen molar-refractivity contribution in [3.63, 3.8) is 0 Å². The molecular weight excluding hydrogens is 238 g/mol. The molecule has 98 valence electrons. The molecule has 1 aromatic carbocycles. The molecule has 18 heavy (non-hydrogen) atoms. The lowest BCUT2D eigenvalue weighted by Crippen LogP contribution is -2.45. The van der Waals surface area contributed by atoms with Crippen molar-refractivity contribution >= 4 is 5.91 Å². The highest BCUT2D eigenvalue weighted by Crippen LogP contribution is 2.27. The van der Waals surface area contributed by atoms with Gasteiger partial charge in [0.05, 0.1) is 0 Å². The van der Waals surface area contributed by atoms with Crippen molar-refractivity contribution in [2.45, 2.75) is 25.4 Å². The van der Waals surface area contributed by atoms with Crippen molar-refractivity contribution in [3.05, 3.63) is 35.4 Å². The van der Waals surface area contributed by atoms with E-state index in [2.05, 4.69) is 0 Å². The Kier molecular flexibility index (Phi) is 3.61. The van der Waals surface area contributed by atoms with Gasteiger partial charge in [-0.15, -0.1) is 0 Å². The summed E-state index contributed by atoms with van der Waals surface area (Å²) in [6.07, 6.45) is 1.35. The Balaban J connectivity index is 2.00. The highest BCUT2D eigenvalue weighted by molar-refractivity contribution is 5.79. The molecule has 1 aliphatic rings. The van der Waals surface area contributed by atoms with Gasteiger partial charge in [-0.2, -0.15) is 0 Å². The summed E-state index contributed by atoms with van der Waals surface area (Å²) >= 11 is 0. The zero-order chi connectivity index (χ0) is 13.3. The molecule has 3 nitrogen and oxygen atoms in total. The molecule has 0 heterocycles. The van der Waals surface area contributed by atoms with E-state index in [0.29, 0.717) is 12.8 Å². The van der Waals surface area contributed by atoms with Crippen LogP contribution in [-0.2, 0) is 11.3 Å². The highest BCUT2D eigenvalue weighted by atomic mass is 19.1. The van der Waals surface area contributed by atoms with E-state index in [9.17, 15) is 13.6 Å². The number of benzene rings is 1. The fourth-order valence-electron chi connectivity index (χ4n) is 2.17. The summed E-state index contributed by atoms with van der Waals surface area (Å²) in [6.45, 7) is 0.0775. The van der Waals surface area contributed by atoms with Crippen molar-refractivity contribution in [1.82, 2.24) is 4.90 Å². The van der Waals surface area contributed by atoms with E-state index in [-0.39, 0.29) is 30.0 Å². The van der Waals surface area contributed by atoms with E-state index >= 15 is 0 Å². The number of nitrogens with two attached hydrogens (primary N) is 1. The summed E-state index contributed by atoms with van der Waals surface area (Å²) in [5, 5.41) is 0. The number of amides is 1. The second kappa shape index (κ2) is 5.02. The second-order valence-electron chi connectivity index (χ2n) is 4.86. The number of hydrogen-bond donors (Lipinski definition) is 1. The molecule has 0 atom stereocenters. The van der Waals surface area contributed by atoms with Crippen molar-refractivity contribution in [2.24, 2.45) is 11.7 Å². The number of halogens is 2. The maximum Gasteiger partial charge on any atom is 0.225 e. The molecule has 0 bridgehead atoms. The first-order valence-corrected chi connectivity index (χ1v) is 5.92. The van der Waals surface area contributed by atoms with E-state index in [0.717, 1.165) is 18.2 Å². The minimum atomic E-state index is -0.502. The Morgan fingerprint density at radius 2 is 2.11 bits per heavy atom. The maximum absolute atomic E-state index is 13.4. The van der Waals surface area contributed by atoms with Gasteiger partial charge in [0.15, 0.2) is 0 Å². The molecule has 5 heteroatoms. The summed E-state index contributed by atoms with van der Waals surface area (Å²) in [4.78, 5) is 13.4. The molecule has 2 rings (SSSR count). The fourth-order valence-corrected chi connectivity index (χ4v) is 2.17. The molecule has 1 amide bonds. The summed E-state index contributed by atoms with van der Waals surface area (Å²) in [5.41, 5.74) is 5.81. The topological polar surface area (TPSA) is 46.3 Å². The molecule has 1 saturated carbocycles. The number of carbonyl (C=O) groups excluding carboxylic acids is 1. The number of rotatable bonds is 3. The molecule has 0 spiro atoms. The van der Waals surface area contributed by atoms with E-state index in [4.69, 9.17) is 5.73 Å². The molecular formula is C13H16F2N2O. The van der Waals surface area contributed by atoms with Gasteiger partial charge in [0.1, 0.15) is 11.6 Å². The average molecular weight is 254 g/mol. The van der Waals surface area contributed by atoms with Gasteiger partial charge in [0.25, 0.3) is 0 Å². The Hall–Kier alpha value is -1.49. The van der Waals surface area contributed by atoms with Crippen LogP contribution in [0.4, 0.5) is 8.78 Å². The number of nitrogens with zero attached hydrogens (tertiary/aromatic N) is 1. The Morgan fingerprint density at radius 1 is 1.44 bits per heavy atom. The summed E-state index contributed by atoms with van der Waals surface area (Å²) < 4.78 is 26.4. The van der Waals surface area contributed by atoms with Gasteiger partial charge >= 0.3 is 0 Å². The van der Waals surface area contributed by atoms with Crippen LogP contribution in [0.2, 0.25) is 0 Å². The normalized spacial score (nSPS) is 22.4. The Morgan fingerprint density at radius 3 is 2.72 bits per heavy atom. The SMILES string of the molecule is CN(Cc1cc(F)ccc1F)C(=O)C1CC(N)C1. The van der Waals surface area contributed by atoms with Gasteiger partial charge in [-0.05, 0) is 31.0 Å². The van der Waals surface area contributed by atoms with E-state index in [1.54, 1.807) is 7.05 Å². The molecule has 2 N–H and O–H groups in total. The third-order valence-corrected chi connectivity index (χ3v) is 3.32. The van der Waals surface area contributed by atoms with Gasteiger partial charge in [0.2, 0.25) is 5.91 Å². The standard InChI is InChI=1S/C13H16F2N2O/c1-17(13(18)8-5-11(16)6-8)7-9-4-10(14)2-3-12(9)15/h2-4,8,11H,5-7,16H2,1H3. The van der Waals surface area contributed by atoms with Crippen LogP contribution in [0, 0.1) is 17.6 Å². The van der Waals surface area contributed by atoms with Crippen LogP contribution < -0.4 is 5.73 Å². The number of hydrogen-bond acceptors (Lipinski definition) is 2. The summed E-state index contributed by atoms with van der Waals surface area (Å²) in [5.74, 6) is -1.12. The predicted octanol–water partition coefficient (Wildman–Crippen LogP) is 1.66. The molecule has 0 unspecified atom stereocenters. The van der Waals surface area contributed by atoms with Gasteiger partial charge in [0, 0.05) is 31.1 Å². The first-order chi connectivity index (χ1) is 8.47. The maximum atomic E-state index is 13.4. The number of carbonyl (C=O) groups is 1. The van der Waals surface area contributed by atoms with Crippen LogP contribution in [-0.4, -0.2) is 23.9 Å². The van der Waals surface area contributed by atoms with E-state index in [1.807, 2.05) is 0 Å². The minimum Gasteiger partial charge on any atom is -0.341 e.